The van der Waals surface area contributed by atoms with Crippen molar-refractivity contribution in [3.8, 4) is 5.69 Å². The van der Waals surface area contributed by atoms with E-state index < -0.39 is 10.5 Å². The minimum absolute atomic E-state index is 0.0780. The first-order valence-corrected chi connectivity index (χ1v) is 9.42. The molecule has 1 aliphatic rings. The van der Waals surface area contributed by atoms with Crippen molar-refractivity contribution in [2.45, 2.75) is 0 Å². The van der Waals surface area contributed by atoms with E-state index in [1.165, 1.54) is 28.8 Å². The third-order valence-corrected chi connectivity index (χ3v) is 5.10. The van der Waals surface area contributed by atoms with Gasteiger partial charge >= 0.3 is 0 Å². The maximum Gasteiger partial charge on any atom is 0.293 e. The van der Waals surface area contributed by atoms with Crippen LogP contribution < -0.4 is 10.9 Å². The zero-order valence-electron chi connectivity index (χ0n) is 16.0. The Morgan fingerprint density at radius 2 is 1.65 bits per heavy atom. The number of carbonyl (C=O) groups is 1. The Balaban J connectivity index is 1.86. The number of carbonyl (C=O) groups excluding carboxylic acids is 1. The van der Waals surface area contributed by atoms with Gasteiger partial charge in [0.1, 0.15) is 11.5 Å². The largest absolute Gasteiger partial charge is 0.321 e. The quantitative estimate of drug-likeness (QED) is 0.314. The summed E-state index contributed by atoms with van der Waals surface area (Å²) in [6.45, 7) is 0. The summed E-state index contributed by atoms with van der Waals surface area (Å²) in [7, 11) is 0. The molecule has 1 amide bonds. The van der Waals surface area contributed by atoms with E-state index in [1.54, 1.807) is 54.6 Å². The Morgan fingerprint density at radius 3 is 2.48 bits per heavy atom. The number of para-hydroxylation sites is 4. The molecule has 1 aromatic heterocycles. The summed E-state index contributed by atoms with van der Waals surface area (Å²) in [5, 5.41) is 14.7. The van der Waals surface area contributed by atoms with E-state index in [0.717, 1.165) is 0 Å². The van der Waals surface area contributed by atoms with Gasteiger partial charge in [-0.3, -0.25) is 24.3 Å². The lowest BCUT2D eigenvalue weighted by atomic mass is 10.1. The predicted molar refractivity (Wildman–Crippen MR) is 117 cm³/mol. The Bertz CT molecular complexity index is 1490. The van der Waals surface area contributed by atoms with Crippen molar-refractivity contribution in [3.63, 3.8) is 0 Å². The fourth-order valence-corrected chi connectivity index (χ4v) is 3.70. The van der Waals surface area contributed by atoms with E-state index in [4.69, 9.17) is 0 Å². The Morgan fingerprint density at radius 1 is 0.935 bits per heavy atom. The number of hydrogen-bond donors (Lipinski definition) is 1. The predicted octanol–water partition coefficient (Wildman–Crippen LogP) is 3.79. The SMILES string of the molecule is O=C1Nc2ccccc2/C1=C\c1nc2ccccc2c(=O)n1-c1ccccc1[N+](=O)[O-]. The van der Waals surface area contributed by atoms with Crippen LogP contribution in [0.25, 0.3) is 28.2 Å². The molecule has 8 heteroatoms. The maximum atomic E-state index is 13.4. The van der Waals surface area contributed by atoms with E-state index in [9.17, 15) is 19.7 Å². The molecule has 5 rings (SSSR count). The van der Waals surface area contributed by atoms with Gasteiger partial charge < -0.3 is 5.32 Å². The third-order valence-electron chi connectivity index (χ3n) is 5.10. The molecule has 150 valence electrons. The second-order valence-electron chi connectivity index (χ2n) is 6.93. The average Bonchev–Trinajstić information content (AvgIpc) is 3.09. The fourth-order valence-electron chi connectivity index (χ4n) is 3.70. The summed E-state index contributed by atoms with van der Waals surface area (Å²) in [6.07, 6.45) is 1.49. The summed E-state index contributed by atoms with van der Waals surface area (Å²) >= 11 is 0. The van der Waals surface area contributed by atoms with Gasteiger partial charge in [0.15, 0.2) is 0 Å². The lowest BCUT2D eigenvalue weighted by Crippen LogP contribution is -2.23. The summed E-state index contributed by atoms with van der Waals surface area (Å²) in [4.78, 5) is 41.6. The van der Waals surface area contributed by atoms with Crippen LogP contribution in [0, 0.1) is 10.1 Å². The molecule has 0 spiro atoms. The molecule has 8 nitrogen and oxygen atoms in total. The van der Waals surface area contributed by atoms with Crippen LogP contribution in [0.4, 0.5) is 11.4 Å². The van der Waals surface area contributed by atoms with Crippen LogP contribution >= 0.6 is 0 Å². The van der Waals surface area contributed by atoms with E-state index in [2.05, 4.69) is 10.3 Å². The number of nitrogens with zero attached hydrogens (tertiary/aromatic N) is 3. The van der Waals surface area contributed by atoms with Crippen LogP contribution in [0.15, 0.2) is 77.6 Å². The third kappa shape index (κ3) is 2.98. The number of nitro groups is 1. The van der Waals surface area contributed by atoms with Crippen molar-refractivity contribution < 1.29 is 9.72 Å². The van der Waals surface area contributed by atoms with Gasteiger partial charge in [0.05, 0.1) is 21.4 Å². The van der Waals surface area contributed by atoms with Gasteiger partial charge in [0, 0.05) is 17.3 Å². The van der Waals surface area contributed by atoms with Crippen molar-refractivity contribution in [2.75, 3.05) is 5.32 Å². The number of aromatic nitrogens is 2. The molecule has 1 N–H and O–H groups in total. The van der Waals surface area contributed by atoms with Crippen LogP contribution in [0.2, 0.25) is 0 Å². The number of nitrogens with one attached hydrogen (secondary N) is 1. The molecule has 0 fully saturated rings. The number of amides is 1. The average molecular weight is 410 g/mol. The smallest absolute Gasteiger partial charge is 0.293 e. The lowest BCUT2D eigenvalue weighted by Gasteiger charge is -2.12. The van der Waals surface area contributed by atoms with Crippen LogP contribution in [0.3, 0.4) is 0 Å². The molecular formula is C23H14N4O4. The highest BCUT2D eigenvalue weighted by molar-refractivity contribution is 6.34. The number of rotatable bonds is 3. The Kier molecular flexibility index (Phi) is 4.18. The van der Waals surface area contributed by atoms with Gasteiger partial charge in [-0.15, -0.1) is 0 Å². The van der Waals surface area contributed by atoms with Gasteiger partial charge in [-0.2, -0.15) is 0 Å². The maximum absolute atomic E-state index is 13.4. The molecule has 0 unspecified atom stereocenters. The molecule has 0 atom stereocenters. The topological polar surface area (TPSA) is 107 Å². The van der Waals surface area contributed by atoms with Crippen molar-refractivity contribution in [3.05, 3.63) is 105 Å². The second kappa shape index (κ2) is 7.03. The summed E-state index contributed by atoms with van der Waals surface area (Å²) in [5.74, 6) is -0.211. The first-order chi connectivity index (χ1) is 15.0. The highest BCUT2D eigenvalue weighted by atomic mass is 16.6. The van der Waals surface area contributed by atoms with Crippen LogP contribution in [0.5, 0.6) is 0 Å². The normalized spacial score (nSPS) is 13.9. The molecule has 4 aromatic rings. The number of fused-ring (bicyclic) bond motifs is 2. The summed E-state index contributed by atoms with van der Waals surface area (Å²) < 4.78 is 1.18. The summed E-state index contributed by atoms with van der Waals surface area (Å²) in [5.41, 5.74) is 1.46. The fraction of sp³-hybridized carbons (Fsp3) is 0. The zero-order chi connectivity index (χ0) is 21.5. The number of nitro benzene ring substituents is 1. The molecular weight excluding hydrogens is 396 g/mol. The van der Waals surface area contributed by atoms with Crippen molar-refractivity contribution in [1.29, 1.82) is 0 Å². The van der Waals surface area contributed by atoms with E-state index in [1.807, 2.05) is 0 Å². The van der Waals surface area contributed by atoms with Gasteiger partial charge in [-0.05, 0) is 30.3 Å². The molecule has 0 radical (unpaired) electrons. The minimum Gasteiger partial charge on any atom is -0.321 e. The van der Waals surface area contributed by atoms with E-state index in [-0.39, 0.29) is 23.1 Å². The molecule has 0 bridgehead atoms. The molecule has 0 saturated heterocycles. The van der Waals surface area contributed by atoms with Gasteiger partial charge in [0.25, 0.3) is 17.2 Å². The minimum atomic E-state index is -0.550. The molecule has 3 aromatic carbocycles. The van der Waals surface area contributed by atoms with Gasteiger partial charge in [-0.1, -0.05) is 42.5 Å². The molecule has 31 heavy (non-hydrogen) atoms. The van der Waals surface area contributed by atoms with Crippen LogP contribution in [0.1, 0.15) is 11.4 Å². The number of anilines is 1. The molecule has 1 aliphatic heterocycles. The molecule has 0 aliphatic carbocycles. The first-order valence-electron chi connectivity index (χ1n) is 9.42. The molecule has 0 saturated carbocycles. The van der Waals surface area contributed by atoms with E-state index >= 15 is 0 Å². The Labute approximate surface area is 175 Å². The number of hydrogen-bond acceptors (Lipinski definition) is 5. The second-order valence-corrected chi connectivity index (χ2v) is 6.93. The standard InChI is InChI=1S/C23H14N4O4/c28-22-16(14-7-1-3-9-17(14)25-22)13-21-24-18-10-4-2-8-15(18)23(29)26(21)19-11-5-6-12-20(19)27(30)31/h1-13H,(H,25,28)/b16-13+. The first kappa shape index (κ1) is 18.4. The Hall–Kier alpha value is -4.59. The van der Waals surface area contributed by atoms with Gasteiger partial charge in [-0.25, -0.2) is 4.98 Å². The monoisotopic (exact) mass is 410 g/mol. The number of benzene rings is 3. The van der Waals surface area contributed by atoms with Crippen LogP contribution in [-0.4, -0.2) is 20.4 Å². The highest BCUT2D eigenvalue weighted by Gasteiger charge is 2.26. The van der Waals surface area contributed by atoms with Gasteiger partial charge in [0.2, 0.25) is 0 Å². The van der Waals surface area contributed by atoms with Crippen LogP contribution in [-0.2, 0) is 4.79 Å². The van der Waals surface area contributed by atoms with Crippen molar-refractivity contribution in [1.82, 2.24) is 9.55 Å². The lowest BCUT2D eigenvalue weighted by molar-refractivity contribution is -0.384. The van der Waals surface area contributed by atoms with E-state index in [0.29, 0.717) is 27.7 Å². The van der Waals surface area contributed by atoms with Crippen molar-refractivity contribution >= 4 is 39.8 Å². The summed E-state index contributed by atoms with van der Waals surface area (Å²) in [6, 6.07) is 19.9. The highest BCUT2D eigenvalue weighted by Crippen LogP contribution is 2.33. The molecule has 2 heterocycles. The van der Waals surface area contributed by atoms with Crippen molar-refractivity contribution in [2.24, 2.45) is 0 Å². The zero-order valence-corrected chi connectivity index (χ0v) is 16.0.